The molecule has 0 spiro atoms. The van der Waals surface area contributed by atoms with E-state index in [1.165, 1.54) is 0 Å². The molecule has 0 atom stereocenters. The summed E-state index contributed by atoms with van der Waals surface area (Å²) in [6.07, 6.45) is 1.66. The first kappa shape index (κ1) is 15.2. The summed E-state index contributed by atoms with van der Waals surface area (Å²) in [6.45, 7) is 10.0. The molecule has 0 radical (unpaired) electrons. The molecule has 0 fully saturated rings. The standard InChI is InChI=1S/C14H21BrN2O/c1-10(2)8-17(9-11(3)4)14(18)13-6-5-12(15)7-16-13/h5-7,10-11H,8-9H2,1-4H3. The molecular weight excluding hydrogens is 292 g/mol. The van der Waals surface area contributed by atoms with Gasteiger partial charge in [-0.1, -0.05) is 27.7 Å². The lowest BCUT2D eigenvalue weighted by Gasteiger charge is -2.26. The second kappa shape index (κ2) is 6.88. The first-order chi connectivity index (χ1) is 8.40. The van der Waals surface area contributed by atoms with Crippen LogP contribution in [0.2, 0.25) is 0 Å². The summed E-state index contributed by atoms with van der Waals surface area (Å²) < 4.78 is 0.887. The Morgan fingerprint density at radius 2 is 1.78 bits per heavy atom. The van der Waals surface area contributed by atoms with E-state index >= 15 is 0 Å². The van der Waals surface area contributed by atoms with Crippen LogP contribution in [0.3, 0.4) is 0 Å². The third kappa shape index (κ3) is 4.77. The maximum atomic E-state index is 12.4. The summed E-state index contributed by atoms with van der Waals surface area (Å²) in [4.78, 5) is 18.4. The van der Waals surface area contributed by atoms with Crippen LogP contribution in [-0.4, -0.2) is 28.9 Å². The minimum absolute atomic E-state index is 0.0184. The Kier molecular flexibility index (Phi) is 5.79. The van der Waals surface area contributed by atoms with E-state index in [1.807, 2.05) is 11.0 Å². The van der Waals surface area contributed by atoms with Gasteiger partial charge in [-0.25, -0.2) is 4.98 Å². The van der Waals surface area contributed by atoms with Gasteiger partial charge < -0.3 is 4.90 Å². The fourth-order valence-electron chi connectivity index (χ4n) is 1.79. The number of hydrogen-bond acceptors (Lipinski definition) is 2. The van der Waals surface area contributed by atoms with Crippen LogP contribution >= 0.6 is 15.9 Å². The number of amides is 1. The molecular formula is C14H21BrN2O. The van der Waals surface area contributed by atoms with Crippen LogP contribution in [-0.2, 0) is 0 Å². The molecule has 0 aromatic carbocycles. The van der Waals surface area contributed by atoms with Gasteiger partial charge in [0, 0.05) is 23.8 Å². The van der Waals surface area contributed by atoms with Crippen molar-refractivity contribution in [1.82, 2.24) is 9.88 Å². The Labute approximate surface area is 118 Å². The van der Waals surface area contributed by atoms with Crippen LogP contribution in [0.25, 0.3) is 0 Å². The van der Waals surface area contributed by atoms with E-state index in [9.17, 15) is 4.79 Å². The number of halogens is 1. The topological polar surface area (TPSA) is 33.2 Å². The molecule has 0 saturated heterocycles. The zero-order valence-corrected chi connectivity index (χ0v) is 13.1. The number of nitrogens with zero attached hydrogens (tertiary/aromatic N) is 2. The van der Waals surface area contributed by atoms with Gasteiger partial charge in [0.15, 0.2) is 0 Å². The van der Waals surface area contributed by atoms with Gasteiger partial charge in [-0.15, -0.1) is 0 Å². The van der Waals surface area contributed by atoms with Crippen LogP contribution in [0.15, 0.2) is 22.8 Å². The normalized spacial score (nSPS) is 11.1. The lowest BCUT2D eigenvalue weighted by Crippen LogP contribution is -2.37. The largest absolute Gasteiger partial charge is 0.337 e. The summed E-state index contributed by atoms with van der Waals surface area (Å²) >= 11 is 3.32. The fourth-order valence-corrected chi connectivity index (χ4v) is 2.02. The molecule has 4 heteroatoms. The summed E-state index contributed by atoms with van der Waals surface area (Å²) in [7, 11) is 0. The van der Waals surface area contributed by atoms with E-state index in [2.05, 4.69) is 48.6 Å². The molecule has 0 aliphatic rings. The smallest absolute Gasteiger partial charge is 0.272 e. The van der Waals surface area contributed by atoms with Gasteiger partial charge in [0.2, 0.25) is 0 Å². The average molecular weight is 313 g/mol. The first-order valence-corrected chi connectivity index (χ1v) is 7.10. The van der Waals surface area contributed by atoms with E-state index in [0.717, 1.165) is 17.6 Å². The van der Waals surface area contributed by atoms with Crippen LogP contribution in [0, 0.1) is 11.8 Å². The van der Waals surface area contributed by atoms with E-state index < -0.39 is 0 Å². The van der Waals surface area contributed by atoms with Crippen molar-refractivity contribution in [3.05, 3.63) is 28.5 Å². The zero-order chi connectivity index (χ0) is 13.7. The predicted octanol–water partition coefficient (Wildman–Crippen LogP) is 3.60. The van der Waals surface area contributed by atoms with Crippen molar-refractivity contribution in [3.63, 3.8) is 0 Å². The van der Waals surface area contributed by atoms with Crippen molar-refractivity contribution in [2.45, 2.75) is 27.7 Å². The lowest BCUT2D eigenvalue weighted by atomic mass is 10.1. The Morgan fingerprint density at radius 1 is 1.22 bits per heavy atom. The third-order valence-electron chi connectivity index (χ3n) is 2.40. The van der Waals surface area contributed by atoms with Crippen molar-refractivity contribution in [1.29, 1.82) is 0 Å². The van der Waals surface area contributed by atoms with Gasteiger partial charge in [-0.2, -0.15) is 0 Å². The number of pyridine rings is 1. The minimum atomic E-state index is 0.0184. The van der Waals surface area contributed by atoms with E-state index in [1.54, 1.807) is 12.3 Å². The monoisotopic (exact) mass is 312 g/mol. The average Bonchev–Trinajstić information content (AvgIpc) is 2.27. The van der Waals surface area contributed by atoms with Gasteiger partial charge in [-0.05, 0) is 39.9 Å². The lowest BCUT2D eigenvalue weighted by molar-refractivity contribution is 0.0709. The van der Waals surface area contributed by atoms with Crippen molar-refractivity contribution in [2.75, 3.05) is 13.1 Å². The Bertz CT molecular complexity index is 377. The summed E-state index contributed by atoms with van der Waals surface area (Å²) in [5.74, 6) is 0.941. The molecule has 1 aromatic rings. The fraction of sp³-hybridized carbons (Fsp3) is 0.571. The Balaban J connectivity index is 2.83. The Morgan fingerprint density at radius 3 is 2.17 bits per heavy atom. The second-order valence-corrected chi connectivity index (χ2v) is 6.28. The molecule has 0 aliphatic carbocycles. The SMILES string of the molecule is CC(C)CN(CC(C)C)C(=O)c1ccc(Br)cn1. The maximum absolute atomic E-state index is 12.4. The molecule has 1 amide bonds. The third-order valence-corrected chi connectivity index (χ3v) is 2.87. The predicted molar refractivity (Wildman–Crippen MR) is 77.5 cm³/mol. The molecule has 0 bridgehead atoms. The highest BCUT2D eigenvalue weighted by molar-refractivity contribution is 9.10. The molecule has 3 nitrogen and oxygen atoms in total. The van der Waals surface area contributed by atoms with Gasteiger partial charge >= 0.3 is 0 Å². The molecule has 18 heavy (non-hydrogen) atoms. The quantitative estimate of drug-likeness (QED) is 0.832. The number of aromatic nitrogens is 1. The minimum Gasteiger partial charge on any atom is -0.337 e. The summed E-state index contributed by atoms with van der Waals surface area (Å²) in [6, 6.07) is 3.61. The molecule has 0 N–H and O–H groups in total. The molecule has 0 aliphatic heterocycles. The van der Waals surface area contributed by atoms with E-state index in [0.29, 0.717) is 17.5 Å². The number of carbonyl (C=O) groups is 1. The molecule has 1 aromatic heterocycles. The van der Waals surface area contributed by atoms with Crippen molar-refractivity contribution >= 4 is 21.8 Å². The highest BCUT2D eigenvalue weighted by Crippen LogP contribution is 2.12. The van der Waals surface area contributed by atoms with Gasteiger partial charge in [-0.3, -0.25) is 4.79 Å². The summed E-state index contributed by atoms with van der Waals surface area (Å²) in [5, 5.41) is 0. The van der Waals surface area contributed by atoms with Gasteiger partial charge in [0.25, 0.3) is 5.91 Å². The van der Waals surface area contributed by atoms with E-state index in [4.69, 9.17) is 0 Å². The number of carbonyl (C=O) groups excluding carboxylic acids is 1. The molecule has 0 saturated carbocycles. The molecule has 1 heterocycles. The van der Waals surface area contributed by atoms with E-state index in [-0.39, 0.29) is 5.91 Å². The summed E-state index contributed by atoms with van der Waals surface area (Å²) in [5.41, 5.74) is 0.513. The van der Waals surface area contributed by atoms with Crippen LogP contribution < -0.4 is 0 Å². The maximum Gasteiger partial charge on any atom is 0.272 e. The van der Waals surface area contributed by atoms with Crippen LogP contribution in [0.1, 0.15) is 38.2 Å². The van der Waals surface area contributed by atoms with Crippen molar-refractivity contribution in [2.24, 2.45) is 11.8 Å². The highest BCUT2D eigenvalue weighted by atomic mass is 79.9. The Hall–Kier alpha value is -0.900. The number of rotatable bonds is 5. The van der Waals surface area contributed by atoms with Crippen LogP contribution in [0.4, 0.5) is 0 Å². The highest BCUT2D eigenvalue weighted by Gasteiger charge is 2.18. The zero-order valence-electron chi connectivity index (χ0n) is 11.5. The molecule has 0 unspecified atom stereocenters. The van der Waals surface area contributed by atoms with Crippen molar-refractivity contribution < 1.29 is 4.79 Å². The molecule has 100 valence electrons. The van der Waals surface area contributed by atoms with Crippen molar-refractivity contribution in [3.8, 4) is 0 Å². The number of hydrogen-bond donors (Lipinski definition) is 0. The first-order valence-electron chi connectivity index (χ1n) is 6.31. The van der Waals surface area contributed by atoms with Crippen LogP contribution in [0.5, 0.6) is 0 Å². The van der Waals surface area contributed by atoms with Gasteiger partial charge in [0.05, 0.1) is 0 Å². The van der Waals surface area contributed by atoms with Gasteiger partial charge in [0.1, 0.15) is 5.69 Å². The molecule has 1 rings (SSSR count). The second-order valence-electron chi connectivity index (χ2n) is 5.36.